The van der Waals surface area contributed by atoms with E-state index in [1.165, 1.54) is 0 Å². The predicted molar refractivity (Wildman–Crippen MR) is 69.7 cm³/mol. The molecular formula is C14H21NO3. The maximum Gasteiger partial charge on any atom is 0.313 e. The van der Waals surface area contributed by atoms with E-state index in [-0.39, 0.29) is 18.8 Å². The van der Waals surface area contributed by atoms with Gasteiger partial charge in [0.2, 0.25) is 0 Å². The first kappa shape index (κ1) is 14.7. The summed E-state index contributed by atoms with van der Waals surface area (Å²) in [5.74, 6) is -0.282. The average molecular weight is 251 g/mol. The fraction of sp³-hybridized carbons (Fsp3) is 0.500. The molecule has 0 fully saturated rings. The zero-order valence-electron chi connectivity index (χ0n) is 11.2. The van der Waals surface area contributed by atoms with Crippen LogP contribution in [-0.4, -0.2) is 19.4 Å². The summed E-state index contributed by atoms with van der Waals surface area (Å²) in [7, 11) is 0. The number of hydrogen-bond donors (Lipinski definition) is 1. The van der Waals surface area contributed by atoms with Crippen LogP contribution in [0.5, 0.6) is 0 Å². The van der Waals surface area contributed by atoms with Crippen molar-refractivity contribution in [2.24, 2.45) is 11.1 Å². The van der Waals surface area contributed by atoms with Crippen molar-refractivity contribution in [1.29, 1.82) is 0 Å². The van der Waals surface area contributed by atoms with Gasteiger partial charge in [0.25, 0.3) is 0 Å². The highest BCUT2D eigenvalue weighted by molar-refractivity contribution is 5.75. The van der Waals surface area contributed by atoms with Gasteiger partial charge in [0.05, 0.1) is 18.1 Å². The summed E-state index contributed by atoms with van der Waals surface area (Å²) >= 11 is 0. The summed E-state index contributed by atoms with van der Waals surface area (Å²) in [5.41, 5.74) is 6.42. The molecule has 1 atom stereocenters. The van der Waals surface area contributed by atoms with Crippen LogP contribution < -0.4 is 5.73 Å². The number of hydrogen-bond acceptors (Lipinski definition) is 4. The molecule has 0 spiro atoms. The lowest BCUT2D eigenvalue weighted by Gasteiger charge is -2.17. The standard InChI is InChI=1S/C14H21NO3/c1-14(2,3)13(16)18-10-17-9-12(15)11-7-5-4-6-8-11/h4-8,12H,9-10,15H2,1-3H3. The Balaban J connectivity index is 2.25. The molecule has 1 aromatic rings. The van der Waals surface area contributed by atoms with E-state index in [4.69, 9.17) is 15.2 Å². The van der Waals surface area contributed by atoms with Crippen molar-refractivity contribution >= 4 is 5.97 Å². The number of carbonyl (C=O) groups is 1. The lowest BCUT2D eigenvalue weighted by Crippen LogP contribution is -2.25. The zero-order chi connectivity index (χ0) is 13.6. The van der Waals surface area contributed by atoms with Gasteiger partial charge in [-0.25, -0.2) is 0 Å². The third-order valence-electron chi connectivity index (χ3n) is 2.41. The molecule has 4 nitrogen and oxygen atoms in total. The zero-order valence-corrected chi connectivity index (χ0v) is 11.2. The van der Waals surface area contributed by atoms with Crippen LogP contribution in [0.15, 0.2) is 30.3 Å². The maximum absolute atomic E-state index is 11.4. The van der Waals surface area contributed by atoms with Crippen LogP contribution in [0.1, 0.15) is 32.4 Å². The van der Waals surface area contributed by atoms with E-state index in [1.807, 2.05) is 30.3 Å². The fourth-order valence-electron chi connectivity index (χ4n) is 1.28. The highest BCUT2D eigenvalue weighted by atomic mass is 16.7. The van der Waals surface area contributed by atoms with Crippen LogP contribution >= 0.6 is 0 Å². The van der Waals surface area contributed by atoms with Crippen LogP contribution in [-0.2, 0) is 14.3 Å². The highest BCUT2D eigenvalue weighted by Crippen LogP contribution is 2.15. The largest absolute Gasteiger partial charge is 0.438 e. The highest BCUT2D eigenvalue weighted by Gasteiger charge is 2.22. The first-order valence-electron chi connectivity index (χ1n) is 5.97. The molecule has 2 N–H and O–H groups in total. The minimum atomic E-state index is -0.509. The second-order valence-electron chi connectivity index (χ2n) is 5.19. The topological polar surface area (TPSA) is 61.5 Å². The van der Waals surface area contributed by atoms with Crippen LogP contribution in [0.4, 0.5) is 0 Å². The number of ether oxygens (including phenoxy) is 2. The Morgan fingerprint density at radius 3 is 2.44 bits per heavy atom. The SMILES string of the molecule is CC(C)(C)C(=O)OCOCC(N)c1ccccc1. The molecule has 0 saturated carbocycles. The predicted octanol–water partition coefficient (Wildman–Crippen LogP) is 2.25. The second-order valence-corrected chi connectivity index (χ2v) is 5.19. The van der Waals surface area contributed by atoms with E-state index in [0.717, 1.165) is 5.56 Å². The minimum absolute atomic E-state index is 0.0589. The molecule has 1 rings (SSSR count). The smallest absolute Gasteiger partial charge is 0.313 e. The number of benzene rings is 1. The van der Waals surface area contributed by atoms with Crippen LogP contribution in [0.2, 0.25) is 0 Å². The first-order chi connectivity index (χ1) is 8.41. The lowest BCUT2D eigenvalue weighted by molar-refractivity contribution is -0.166. The Morgan fingerprint density at radius 2 is 1.89 bits per heavy atom. The van der Waals surface area contributed by atoms with Gasteiger partial charge in [-0.1, -0.05) is 30.3 Å². The molecule has 0 bridgehead atoms. The minimum Gasteiger partial charge on any atom is -0.438 e. The molecule has 0 radical (unpaired) electrons. The number of rotatable bonds is 5. The monoisotopic (exact) mass is 251 g/mol. The molecule has 100 valence electrons. The Bertz CT molecular complexity index is 370. The van der Waals surface area contributed by atoms with E-state index in [0.29, 0.717) is 6.61 Å². The summed E-state index contributed by atoms with van der Waals surface area (Å²) in [4.78, 5) is 11.4. The molecular weight excluding hydrogens is 230 g/mol. The first-order valence-corrected chi connectivity index (χ1v) is 5.97. The van der Waals surface area contributed by atoms with E-state index in [2.05, 4.69) is 0 Å². The second kappa shape index (κ2) is 6.52. The van der Waals surface area contributed by atoms with Gasteiger partial charge < -0.3 is 15.2 Å². The van der Waals surface area contributed by atoms with Crippen molar-refractivity contribution in [3.8, 4) is 0 Å². The third kappa shape index (κ3) is 4.85. The van der Waals surface area contributed by atoms with Gasteiger partial charge in [-0.2, -0.15) is 0 Å². The molecule has 0 amide bonds. The van der Waals surface area contributed by atoms with E-state index < -0.39 is 5.41 Å². The molecule has 0 aliphatic carbocycles. The molecule has 4 heteroatoms. The average Bonchev–Trinajstić information content (AvgIpc) is 2.34. The van der Waals surface area contributed by atoms with Crippen LogP contribution in [0.25, 0.3) is 0 Å². The normalized spacial score (nSPS) is 13.1. The number of carbonyl (C=O) groups excluding carboxylic acids is 1. The van der Waals surface area contributed by atoms with Crippen molar-refractivity contribution < 1.29 is 14.3 Å². The summed E-state index contributed by atoms with van der Waals surface area (Å²) in [6.07, 6.45) is 0. The van der Waals surface area contributed by atoms with Gasteiger partial charge >= 0.3 is 5.97 Å². The van der Waals surface area contributed by atoms with Crippen molar-refractivity contribution in [2.45, 2.75) is 26.8 Å². The van der Waals surface area contributed by atoms with Gasteiger partial charge in [-0.15, -0.1) is 0 Å². The fourth-order valence-corrected chi connectivity index (χ4v) is 1.28. The van der Waals surface area contributed by atoms with Gasteiger partial charge in [0.1, 0.15) is 0 Å². The van der Waals surface area contributed by atoms with Gasteiger partial charge in [0, 0.05) is 0 Å². The molecule has 0 aliphatic heterocycles. The van der Waals surface area contributed by atoms with Gasteiger partial charge in [-0.05, 0) is 26.3 Å². The van der Waals surface area contributed by atoms with Crippen molar-refractivity contribution in [2.75, 3.05) is 13.4 Å². The number of nitrogens with two attached hydrogens (primary N) is 1. The molecule has 0 saturated heterocycles. The summed E-state index contributed by atoms with van der Waals surface area (Å²) < 4.78 is 10.2. The molecule has 0 heterocycles. The lowest BCUT2D eigenvalue weighted by atomic mass is 9.98. The summed E-state index contributed by atoms with van der Waals surface area (Å²) in [6, 6.07) is 9.45. The van der Waals surface area contributed by atoms with Crippen molar-refractivity contribution in [1.82, 2.24) is 0 Å². The number of esters is 1. The summed E-state index contributed by atoms with van der Waals surface area (Å²) in [6.45, 7) is 5.65. The quantitative estimate of drug-likeness (QED) is 0.495. The van der Waals surface area contributed by atoms with Crippen LogP contribution in [0.3, 0.4) is 0 Å². The Morgan fingerprint density at radius 1 is 1.28 bits per heavy atom. The Kier molecular flexibility index (Phi) is 5.31. The molecule has 0 aliphatic rings. The molecule has 0 aromatic heterocycles. The van der Waals surface area contributed by atoms with Crippen LogP contribution in [0, 0.1) is 5.41 Å². The summed E-state index contributed by atoms with van der Waals surface area (Å²) in [5, 5.41) is 0. The van der Waals surface area contributed by atoms with Gasteiger partial charge in [-0.3, -0.25) is 4.79 Å². The molecule has 1 aromatic carbocycles. The Hall–Kier alpha value is -1.39. The maximum atomic E-state index is 11.4. The third-order valence-corrected chi connectivity index (χ3v) is 2.41. The molecule has 18 heavy (non-hydrogen) atoms. The van der Waals surface area contributed by atoms with E-state index in [1.54, 1.807) is 20.8 Å². The van der Waals surface area contributed by atoms with E-state index in [9.17, 15) is 4.79 Å². The van der Waals surface area contributed by atoms with Crippen molar-refractivity contribution in [3.63, 3.8) is 0 Å². The van der Waals surface area contributed by atoms with E-state index >= 15 is 0 Å². The molecule has 1 unspecified atom stereocenters. The Labute approximate surface area is 108 Å². The van der Waals surface area contributed by atoms with Gasteiger partial charge in [0.15, 0.2) is 6.79 Å². The van der Waals surface area contributed by atoms with Crippen molar-refractivity contribution in [3.05, 3.63) is 35.9 Å².